The van der Waals surface area contributed by atoms with E-state index in [-0.39, 0.29) is 36.4 Å². The summed E-state index contributed by atoms with van der Waals surface area (Å²) in [6.45, 7) is 0.200. The molecule has 5 rings (SSSR count). The number of nitrogens with zero attached hydrogens (tertiary/aromatic N) is 3. The molecule has 3 aromatic rings. The maximum atomic E-state index is 13.2. The van der Waals surface area contributed by atoms with Crippen molar-refractivity contribution in [2.24, 2.45) is 5.92 Å². The van der Waals surface area contributed by atoms with E-state index in [0.29, 0.717) is 53.8 Å². The van der Waals surface area contributed by atoms with Crippen molar-refractivity contribution in [3.8, 4) is 28.6 Å². The lowest BCUT2D eigenvalue weighted by atomic mass is 9.76. The van der Waals surface area contributed by atoms with Gasteiger partial charge in [-0.05, 0) is 49.1 Å². The van der Waals surface area contributed by atoms with Gasteiger partial charge in [0.1, 0.15) is 17.2 Å². The van der Waals surface area contributed by atoms with Crippen LogP contribution in [0, 0.1) is 5.92 Å². The number of imide groups is 1. The van der Waals surface area contributed by atoms with Gasteiger partial charge in [0.2, 0.25) is 17.6 Å². The standard InChI is InChI=1S/C26H28N4O6/c1-33-18-6-4-5-15(9-18)14-30-25(31)21-8-7-16(12-22(21)27-26(30)32)24-28-23(29-36-24)17-10-19(34-2)13-20(11-17)35-3/h4-6,9-11,13,16,21-22H,7-8,12,14H2,1-3H3,(H,27,32). The molecule has 0 radical (unpaired) electrons. The fourth-order valence-corrected chi connectivity index (χ4v) is 4.94. The SMILES string of the molecule is COc1cccc(CN2C(=O)NC3CC(c4nc(-c5cc(OC)cc(OC)c5)no4)CCC3C2=O)c1. The zero-order chi connectivity index (χ0) is 25.2. The van der Waals surface area contributed by atoms with E-state index in [0.717, 1.165) is 5.56 Å². The minimum atomic E-state index is -0.389. The number of aromatic nitrogens is 2. The van der Waals surface area contributed by atoms with Gasteiger partial charge in [-0.25, -0.2) is 4.79 Å². The van der Waals surface area contributed by atoms with Crippen molar-refractivity contribution in [1.29, 1.82) is 0 Å². The molecule has 3 amide bonds. The Kier molecular flexibility index (Phi) is 6.49. The van der Waals surface area contributed by atoms with E-state index in [4.69, 9.17) is 18.7 Å². The topological polar surface area (TPSA) is 116 Å². The summed E-state index contributed by atoms with van der Waals surface area (Å²) in [4.78, 5) is 32.0. The molecule has 2 heterocycles. The number of rotatable bonds is 7. The number of fused-ring (bicyclic) bond motifs is 1. The zero-order valence-electron chi connectivity index (χ0n) is 20.4. The van der Waals surface area contributed by atoms with Crippen LogP contribution in [0.25, 0.3) is 11.4 Å². The third-order valence-corrected chi connectivity index (χ3v) is 6.86. The van der Waals surface area contributed by atoms with Gasteiger partial charge in [0.25, 0.3) is 0 Å². The van der Waals surface area contributed by atoms with E-state index in [1.165, 1.54) is 4.90 Å². The smallest absolute Gasteiger partial charge is 0.324 e. The van der Waals surface area contributed by atoms with E-state index in [9.17, 15) is 9.59 Å². The molecule has 1 aliphatic heterocycles. The van der Waals surface area contributed by atoms with Crippen LogP contribution in [0.2, 0.25) is 0 Å². The van der Waals surface area contributed by atoms with Gasteiger partial charge in [-0.2, -0.15) is 4.98 Å². The Hall–Kier alpha value is -4.08. The molecule has 2 aromatic carbocycles. The van der Waals surface area contributed by atoms with Crippen molar-refractivity contribution in [3.05, 3.63) is 53.9 Å². The fraction of sp³-hybridized carbons (Fsp3) is 0.385. The second-order valence-corrected chi connectivity index (χ2v) is 9.01. The Labute approximate surface area is 208 Å². The Morgan fingerprint density at radius 1 is 1.00 bits per heavy atom. The zero-order valence-corrected chi connectivity index (χ0v) is 20.4. The van der Waals surface area contributed by atoms with E-state index in [2.05, 4.69) is 15.5 Å². The lowest BCUT2D eigenvalue weighted by Gasteiger charge is -2.41. The summed E-state index contributed by atoms with van der Waals surface area (Å²) < 4.78 is 21.5. The van der Waals surface area contributed by atoms with Gasteiger partial charge in [0.05, 0.1) is 33.8 Å². The summed E-state index contributed by atoms with van der Waals surface area (Å²) in [5, 5.41) is 7.18. The van der Waals surface area contributed by atoms with Crippen LogP contribution in [0.1, 0.15) is 36.6 Å². The van der Waals surface area contributed by atoms with E-state index in [1.807, 2.05) is 36.4 Å². The van der Waals surface area contributed by atoms with Gasteiger partial charge in [0.15, 0.2) is 0 Å². The highest BCUT2D eigenvalue weighted by atomic mass is 16.5. The molecular weight excluding hydrogens is 464 g/mol. The van der Waals surface area contributed by atoms with Crippen LogP contribution in [-0.4, -0.2) is 54.4 Å². The molecule has 188 valence electrons. The van der Waals surface area contributed by atoms with Gasteiger partial charge in [-0.3, -0.25) is 9.69 Å². The molecule has 1 aliphatic carbocycles. The van der Waals surface area contributed by atoms with E-state index in [1.54, 1.807) is 27.4 Å². The molecule has 0 bridgehead atoms. The van der Waals surface area contributed by atoms with Crippen molar-refractivity contribution < 1.29 is 28.3 Å². The maximum Gasteiger partial charge on any atom is 0.324 e. The number of benzene rings is 2. The van der Waals surface area contributed by atoms with E-state index >= 15 is 0 Å². The lowest BCUT2D eigenvalue weighted by molar-refractivity contribution is -0.137. The lowest BCUT2D eigenvalue weighted by Crippen LogP contribution is -2.60. The number of nitrogens with one attached hydrogen (secondary N) is 1. The van der Waals surface area contributed by atoms with Crippen LogP contribution in [0.15, 0.2) is 47.0 Å². The highest BCUT2D eigenvalue weighted by Crippen LogP contribution is 2.39. The second kappa shape index (κ2) is 9.88. The molecule has 10 heteroatoms. The monoisotopic (exact) mass is 492 g/mol. The molecule has 10 nitrogen and oxygen atoms in total. The van der Waals surface area contributed by atoms with Gasteiger partial charge in [-0.15, -0.1) is 0 Å². The number of amides is 3. The fourth-order valence-electron chi connectivity index (χ4n) is 4.94. The minimum absolute atomic E-state index is 0.0574. The van der Waals surface area contributed by atoms with Gasteiger partial charge in [0, 0.05) is 23.6 Å². The third-order valence-electron chi connectivity index (χ3n) is 6.86. The van der Waals surface area contributed by atoms with Gasteiger partial charge < -0.3 is 24.1 Å². The first-order valence-electron chi connectivity index (χ1n) is 11.8. The molecule has 2 fully saturated rings. The van der Waals surface area contributed by atoms with Gasteiger partial charge in [-0.1, -0.05) is 17.3 Å². The number of carbonyl (C=O) groups excluding carboxylic acids is 2. The van der Waals surface area contributed by atoms with Crippen LogP contribution in [0.3, 0.4) is 0 Å². The maximum absolute atomic E-state index is 13.2. The van der Waals surface area contributed by atoms with Crippen molar-refractivity contribution in [2.45, 2.75) is 37.8 Å². The Morgan fingerprint density at radius 2 is 1.75 bits per heavy atom. The first-order chi connectivity index (χ1) is 17.5. The quantitative estimate of drug-likeness (QED) is 0.530. The Bertz CT molecular complexity index is 1250. The molecule has 3 unspecified atom stereocenters. The van der Waals surface area contributed by atoms with Crippen molar-refractivity contribution >= 4 is 11.9 Å². The van der Waals surface area contributed by atoms with E-state index < -0.39 is 0 Å². The first kappa shape index (κ1) is 23.7. The number of urea groups is 1. The van der Waals surface area contributed by atoms with Crippen LogP contribution in [0.5, 0.6) is 17.2 Å². The van der Waals surface area contributed by atoms with Crippen LogP contribution in [0.4, 0.5) is 4.79 Å². The molecule has 3 atom stereocenters. The average molecular weight is 493 g/mol. The Balaban J connectivity index is 1.28. The molecule has 36 heavy (non-hydrogen) atoms. The van der Waals surface area contributed by atoms with Crippen molar-refractivity contribution in [3.63, 3.8) is 0 Å². The van der Waals surface area contributed by atoms with Gasteiger partial charge >= 0.3 is 6.03 Å². The number of methoxy groups -OCH3 is 3. The number of carbonyl (C=O) groups is 2. The average Bonchev–Trinajstić information content (AvgIpc) is 3.41. The predicted octanol–water partition coefficient (Wildman–Crippen LogP) is 3.77. The molecular formula is C26H28N4O6. The highest BCUT2D eigenvalue weighted by molar-refractivity contribution is 5.98. The summed E-state index contributed by atoms with van der Waals surface area (Å²) in [7, 11) is 4.74. The molecule has 1 aromatic heterocycles. The first-order valence-corrected chi connectivity index (χ1v) is 11.8. The van der Waals surface area contributed by atoms with Crippen LogP contribution >= 0.6 is 0 Å². The summed E-state index contributed by atoms with van der Waals surface area (Å²) in [6.07, 6.45) is 1.88. The van der Waals surface area contributed by atoms with Crippen molar-refractivity contribution in [1.82, 2.24) is 20.4 Å². The molecule has 1 N–H and O–H groups in total. The molecule has 1 saturated carbocycles. The summed E-state index contributed by atoms with van der Waals surface area (Å²) in [5.41, 5.74) is 1.54. The summed E-state index contributed by atoms with van der Waals surface area (Å²) >= 11 is 0. The van der Waals surface area contributed by atoms with Crippen LogP contribution in [-0.2, 0) is 11.3 Å². The van der Waals surface area contributed by atoms with Crippen molar-refractivity contribution in [2.75, 3.05) is 21.3 Å². The second-order valence-electron chi connectivity index (χ2n) is 9.01. The molecule has 0 spiro atoms. The summed E-state index contributed by atoms with van der Waals surface area (Å²) in [5.74, 6) is 2.36. The largest absolute Gasteiger partial charge is 0.497 e. The number of hydrogen-bond acceptors (Lipinski definition) is 8. The Morgan fingerprint density at radius 3 is 2.47 bits per heavy atom. The molecule has 1 saturated heterocycles. The number of ether oxygens (including phenoxy) is 3. The third kappa shape index (κ3) is 4.58. The number of hydrogen-bond donors (Lipinski definition) is 1. The highest BCUT2D eigenvalue weighted by Gasteiger charge is 2.45. The minimum Gasteiger partial charge on any atom is -0.497 e. The predicted molar refractivity (Wildman–Crippen MR) is 129 cm³/mol. The van der Waals surface area contributed by atoms with Crippen LogP contribution < -0.4 is 19.5 Å². The molecule has 2 aliphatic rings. The summed E-state index contributed by atoms with van der Waals surface area (Å²) in [6, 6.07) is 12.1. The normalized spacial score (nSPS) is 21.5.